The summed E-state index contributed by atoms with van der Waals surface area (Å²) in [6.45, 7) is 0. The summed E-state index contributed by atoms with van der Waals surface area (Å²) in [5.41, 5.74) is 0. The molecule has 0 saturated carbocycles. The fraction of sp³-hybridized carbons (Fsp3) is 0.400. The summed E-state index contributed by atoms with van der Waals surface area (Å²) in [7, 11) is 1.55. The van der Waals surface area contributed by atoms with E-state index < -0.39 is 26.0 Å². The number of hydrogen-bond acceptors (Lipinski definition) is 6. The molecule has 1 saturated heterocycles. The van der Waals surface area contributed by atoms with Crippen LogP contribution < -0.4 is 4.52 Å². The molecule has 8 heteroatoms. The Morgan fingerprint density at radius 3 is 2.72 bits per heavy atom. The second-order valence-electron chi connectivity index (χ2n) is 3.80. The van der Waals surface area contributed by atoms with Crippen molar-refractivity contribution in [3.05, 3.63) is 30.3 Å². The predicted octanol–water partition coefficient (Wildman–Crippen LogP) is 0.857. The molecule has 0 amide bonds. The minimum Gasteiger partial charge on any atom is -0.423 e. The fourth-order valence-corrected chi connectivity index (χ4v) is 2.83. The highest BCUT2D eigenvalue weighted by Gasteiger charge is 2.48. The van der Waals surface area contributed by atoms with Gasteiger partial charge in [-0.3, -0.25) is 4.52 Å². The van der Waals surface area contributed by atoms with Crippen LogP contribution in [0.3, 0.4) is 0 Å². The van der Waals surface area contributed by atoms with Crippen molar-refractivity contribution in [1.29, 1.82) is 0 Å². The summed E-state index contributed by atoms with van der Waals surface area (Å²) in [6.07, 6.45) is -2.71. The van der Waals surface area contributed by atoms with Crippen molar-refractivity contribution < 1.29 is 28.6 Å². The summed E-state index contributed by atoms with van der Waals surface area (Å²) >= 11 is 0. The minimum absolute atomic E-state index is 0.315. The highest BCUT2D eigenvalue weighted by molar-refractivity contribution is 7.54. The van der Waals surface area contributed by atoms with E-state index in [0.29, 0.717) is 5.75 Å². The van der Waals surface area contributed by atoms with Crippen molar-refractivity contribution in [2.75, 3.05) is 6.35 Å². The number of aliphatic hydroxyl groups is 2. The van der Waals surface area contributed by atoms with Crippen molar-refractivity contribution in [3.63, 3.8) is 0 Å². The van der Waals surface area contributed by atoms with Crippen molar-refractivity contribution >= 4 is 15.4 Å². The van der Waals surface area contributed by atoms with E-state index in [9.17, 15) is 14.8 Å². The van der Waals surface area contributed by atoms with Gasteiger partial charge in [-0.15, -0.1) is 0 Å². The Morgan fingerprint density at radius 1 is 1.50 bits per heavy atom. The molecule has 0 spiro atoms. The Hall–Kier alpha value is -0.845. The summed E-state index contributed by atoms with van der Waals surface area (Å²) in [6, 6.07) is 8.32. The second kappa shape index (κ2) is 5.03. The smallest absolute Gasteiger partial charge is 0.407 e. The number of para-hydroxylation sites is 1. The van der Waals surface area contributed by atoms with Gasteiger partial charge in [0.25, 0.3) is 0 Å². The zero-order valence-corrected chi connectivity index (χ0v) is 10.3. The van der Waals surface area contributed by atoms with E-state index in [1.165, 1.54) is 0 Å². The molecule has 2 radical (unpaired) electrons. The number of rotatable bonds is 3. The van der Waals surface area contributed by atoms with Crippen LogP contribution >= 0.6 is 7.60 Å². The van der Waals surface area contributed by atoms with Crippen LogP contribution in [0.5, 0.6) is 5.75 Å². The average molecular weight is 270 g/mol. The normalized spacial score (nSPS) is 36.2. The maximum atomic E-state index is 12.1. The van der Waals surface area contributed by atoms with Gasteiger partial charge in [0.15, 0.2) is 6.35 Å². The van der Waals surface area contributed by atoms with Crippen LogP contribution in [-0.4, -0.2) is 36.5 Å². The van der Waals surface area contributed by atoms with Crippen LogP contribution in [0.1, 0.15) is 0 Å². The van der Waals surface area contributed by atoms with Crippen LogP contribution in [0.25, 0.3) is 0 Å². The highest BCUT2D eigenvalue weighted by Crippen LogP contribution is 2.54. The molecule has 1 unspecified atom stereocenters. The lowest BCUT2D eigenvalue weighted by Crippen LogP contribution is -2.49. The van der Waals surface area contributed by atoms with Crippen molar-refractivity contribution in [2.24, 2.45) is 0 Å². The Labute approximate surface area is 105 Å². The molecule has 1 aromatic rings. The molecule has 96 valence electrons. The van der Waals surface area contributed by atoms with Crippen LogP contribution in [-0.2, 0) is 13.8 Å². The summed E-state index contributed by atoms with van der Waals surface area (Å²) < 4.78 is 27.0. The maximum absolute atomic E-state index is 12.1. The van der Waals surface area contributed by atoms with Gasteiger partial charge < -0.3 is 19.5 Å². The van der Waals surface area contributed by atoms with Gasteiger partial charge in [-0.2, -0.15) is 0 Å². The first-order chi connectivity index (χ1) is 8.47. The monoisotopic (exact) mass is 270 g/mol. The summed E-state index contributed by atoms with van der Waals surface area (Å²) in [5.74, 6) is -1.75. The van der Waals surface area contributed by atoms with E-state index in [1.807, 2.05) is 0 Å². The molecule has 6 nitrogen and oxygen atoms in total. The van der Waals surface area contributed by atoms with E-state index in [4.69, 9.17) is 21.6 Å². The summed E-state index contributed by atoms with van der Waals surface area (Å²) in [5, 5.41) is 19.2. The molecule has 1 heterocycles. The molecule has 1 aliphatic rings. The Balaban J connectivity index is 2.09. The SMILES string of the molecule is [B]C[C@@]1(O)OC[P@](=O)(Oc2ccccc2)OC1O. The van der Waals surface area contributed by atoms with Gasteiger partial charge in [-0.05, 0) is 18.5 Å². The largest absolute Gasteiger partial charge is 0.423 e. The van der Waals surface area contributed by atoms with Gasteiger partial charge in [0, 0.05) is 0 Å². The molecular weight excluding hydrogens is 258 g/mol. The third-order valence-electron chi connectivity index (χ3n) is 2.40. The molecule has 2 rings (SSSR count). The van der Waals surface area contributed by atoms with E-state index >= 15 is 0 Å². The standard InChI is InChI=1S/C10H12BO6P/c11-6-10(13)9(12)17-18(14,7-15-10)16-8-4-2-1-3-5-8/h1-5,9,12-13H,6-7H2/t9?,10-,18+/m1/s1. The lowest BCUT2D eigenvalue weighted by molar-refractivity contribution is -0.302. The average Bonchev–Trinajstić information content (AvgIpc) is 2.36. The third-order valence-corrected chi connectivity index (χ3v) is 3.85. The molecule has 0 bridgehead atoms. The number of aliphatic hydroxyl groups excluding tert-OH is 1. The van der Waals surface area contributed by atoms with E-state index in [2.05, 4.69) is 0 Å². The van der Waals surface area contributed by atoms with Gasteiger partial charge in [0.1, 0.15) is 5.75 Å². The number of benzene rings is 1. The van der Waals surface area contributed by atoms with Crippen LogP contribution in [0.15, 0.2) is 30.3 Å². The molecule has 1 aromatic carbocycles. The number of ether oxygens (including phenoxy) is 1. The van der Waals surface area contributed by atoms with E-state index in [0.717, 1.165) is 0 Å². The van der Waals surface area contributed by atoms with Gasteiger partial charge in [-0.25, -0.2) is 4.57 Å². The highest BCUT2D eigenvalue weighted by atomic mass is 31.2. The van der Waals surface area contributed by atoms with Gasteiger partial charge in [0.05, 0.1) is 7.85 Å². The topological polar surface area (TPSA) is 85.2 Å². The van der Waals surface area contributed by atoms with Gasteiger partial charge in [0.2, 0.25) is 12.1 Å². The minimum atomic E-state index is -3.67. The maximum Gasteiger partial charge on any atom is 0.407 e. The van der Waals surface area contributed by atoms with Crippen LogP contribution in [0.2, 0.25) is 6.32 Å². The van der Waals surface area contributed by atoms with Crippen molar-refractivity contribution in [3.8, 4) is 5.75 Å². The van der Waals surface area contributed by atoms with Gasteiger partial charge in [-0.1, -0.05) is 18.2 Å². The lowest BCUT2D eigenvalue weighted by Gasteiger charge is -2.38. The van der Waals surface area contributed by atoms with E-state index in [-0.39, 0.29) is 6.32 Å². The molecule has 2 N–H and O–H groups in total. The predicted molar refractivity (Wildman–Crippen MR) is 63.2 cm³/mol. The lowest BCUT2D eigenvalue weighted by atomic mass is 9.96. The quantitative estimate of drug-likeness (QED) is 0.625. The molecule has 0 aliphatic carbocycles. The molecule has 1 fully saturated rings. The number of hydrogen-bond donors (Lipinski definition) is 2. The summed E-state index contributed by atoms with van der Waals surface area (Å²) in [4.78, 5) is 0. The third kappa shape index (κ3) is 2.76. The molecule has 18 heavy (non-hydrogen) atoms. The van der Waals surface area contributed by atoms with Crippen LogP contribution in [0.4, 0.5) is 0 Å². The fourth-order valence-electron chi connectivity index (χ4n) is 1.38. The first-order valence-electron chi connectivity index (χ1n) is 5.24. The first-order valence-corrected chi connectivity index (χ1v) is 6.97. The Kier molecular flexibility index (Phi) is 3.80. The first kappa shape index (κ1) is 13.6. The van der Waals surface area contributed by atoms with Crippen molar-refractivity contribution in [1.82, 2.24) is 0 Å². The molecule has 1 aliphatic heterocycles. The Morgan fingerprint density at radius 2 is 2.17 bits per heavy atom. The zero-order valence-electron chi connectivity index (χ0n) is 9.43. The van der Waals surface area contributed by atoms with E-state index in [1.54, 1.807) is 30.3 Å². The zero-order chi connectivity index (χ0) is 13.2. The molecule has 3 atom stereocenters. The molecular formula is C10H12BO6P. The molecule has 0 aromatic heterocycles. The second-order valence-corrected chi connectivity index (χ2v) is 5.67. The van der Waals surface area contributed by atoms with Crippen LogP contribution in [0, 0.1) is 0 Å². The Bertz CT molecular complexity index is 455. The van der Waals surface area contributed by atoms with Crippen molar-refractivity contribution in [2.45, 2.75) is 18.4 Å². The van der Waals surface area contributed by atoms with Gasteiger partial charge >= 0.3 is 7.60 Å².